The molecule has 0 radical (unpaired) electrons. The van der Waals surface area contributed by atoms with Gasteiger partial charge < -0.3 is 5.32 Å². The van der Waals surface area contributed by atoms with E-state index in [1.165, 1.54) is 25.0 Å². The van der Waals surface area contributed by atoms with Crippen LogP contribution < -0.4 is 5.32 Å². The summed E-state index contributed by atoms with van der Waals surface area (Å²) in [7, 11) is 2.03. The van der Waals surface area contributed by atoms with E-state index in [0.29, 0.717) is 6.04 Å². The predicted octanol–water partition coefficient (Wildman–Crippen LogP) is 5.17. The lowest BCUT2D eigenvalue weighted by Crippen LogP contribution is -2.17. The lowest BCUT2D eigenvalue weighted by molar-refractivity contribution is 0.601. The van der Waals surface area contributed by atoms with E-state index in [4.69, 9.17) is 0 Å². The van der Waals surface area contributed by atoms with E-state index in [-0.39, 0.29) is 0 Å². The molecule has 3 rings (SSSR count). The fourth-order valence-electron chi connectivity index (χ4n) is 2.40. The first kappa shape index (κ1) is 13.8. The Morgan fingerprint density at radius 3 is 2.60 bits per heavy atom. The summed E-state index contributed by atoms with van der Waals surface area (Å²) < 4.78 is 2.54. The monoisotopic (exact) mass is 345 g/mol. The Balaban J connectivity index is 1.91. The van der Waals surface area contributed by atoms with Crippen molar-refractivity contribution in [3.05, 3.63) is 69.5 Å². The fraction of sp³-hybridized carbons (Fsp3) is 0.176. The Morgan fingerprint density at radius 2 is 1.85 bits per heavy atom. The Bertz CT molecular complexity index is 687. The zero-order valence-electron chi connectivity index (χ0n) is 11.3. The quantitative estimate of drug-likeness (QED) is 0.687. The molecule has 3 aromatic rings. The zero-order valence-corrected chi connectivity index (χ0v) is 13.7. The molecule has 0 amide bonds. The average molecular weight is 346 g/mol. The molecule has 0 saturated carbocycles. The van der Waals surface area contributed by atoms with Gasteiger partial charge in [0.05, 0.1) is 0 Å². The van der Waals surface area contributed by atoms with E-state index >= 15 is 0 Å². The maximum atomic E-state index is 3.64. The van der Waals surface area contributed by atoms with Gasteiger partial charge in [0, 0.05) is 20.1 Å². The molecule has 20 heavy (non-hydrogen) atoms. The van der Waals surface area contributed by atoms with Gasteiger partial charge in [0.2, 0.25) is 0 Å². The molecule has 1 unspecified atom stereocenters. The summed E-state index contributed by atoms with van der Waals surface area (Å²) in [5, 5.41) is 4.78. The van der Waals surface area contributed by atoms with Crippen LogP contribution >= 0.6 is 27.3 Å². The molecule has 102 valence electrons. The van der Waals surface area contributed by atoms with Crippen molar-refractivity contribution in [1.82, 2.24) is 5.32 Å². The van der Waals surface area contributed by atoms with Crippen LogP contribution in [0.15, 0.2) is 59.1 Å². The molecule has 3 heteroatoms. The van der Waals surface area contributed by atoms with E-state index in [2.05, 4.69) is 75.8 Å². The summed E-state index contributed by atoms with van der Waals surface area (Å²) in [4.78, 5) is 1.39. The fourth-order valence-corrected chi connectivity index (χ4v) is 4.02. The zero-order chi connectivity index (χ0) is 13.9. The minimum Gasteiger partial charge on any atom is -0.312 e. The highest BCUT2D eigenvalue weighted by molar-refractivity contribution is 9.10. The highest BCUT2D eigenvalue weighted by atomic mass is 79.9. The summed E-state index contributed by atoms with van der Waals surface area (Å²) in [6.07, 6.45) is 0.991. The van der Waals surface area contributed by atoms with Crippen molar-refractivity contribution >= 4 is 37.4 Å². The molecule has 1 aromatic heterocycles. The molecule has 1 heterocycles. The molecular weight excluding hydrogens is 330 g/mol. The number of likely N-dealkylation sites (N-methyl/N-ethyl adjacent to an activating group) is 1. The van der Waals surface area contributed by atoms with Crippen molar-refractivity contribution in [3.8, 4) is 0 Å². The average Bonchev–Trinajstić information content (AvgIpc) is 2.90. The van der Waals surface area contributed by atoms with Gasteiger partial charge in [-0.15, -0.1) is 11.3 Å². The molecule has 0 saturated heterocycles. The molecular formula is C17H16BrNS. The summed E-state index contributed by atoms with van der Waals surface area (Å²) in [5.41, 5.74) is 1.34. The Hall–Kier alpha value is -1.16. The molecule has 1 atom stereocenters. The second-order valence-corrected chi connectivity index (χ2v) is 6.79. The molecule has 1 N–H and O–H groups in total. The SMILES string of the molecule is CNC(Cc1ccccc1Br)c1cc2ccccc2s1. The van der Waals surface area contributed by atoms with Gasteiger partial charge >= 0.3 is 0 Å². The molecule has 1 nitrogen and oxygen atoms in total. The number of halogens is 1. The van der Waals surface area contributed by atoms with Crippen LogP contribution in [0, 0.1) is 0 Å². The molecule has 2 aromatic carbocycles. The standard InChI is InChI=1S/C17H16BrNS/c1-19-15(10-12-6-2-4-8-14(12)18)17-11-13-7-3-5-9-16(13)20-17/h2-9,11,15,19H,10H2,1H3. The highest BCUT2D eigenvalue weighted by Gasteiger charge is 2.14. The minimum absolute atomic E-state index is 0.353. The second-order valence-electron chi connectivity index (χ2n) is 4.82. The molecule has 0 fully saturated rings. The molecule has 0 aliphatic rings. The third-order valence-electron chi connectivity index (χ3n) is 3.52. The summed E-state index contributed by atoms with van der Waals surface area (Å²) in [5.74, 6) is 0. The maximum Gasteiger partial charge on any atom is 0.0454 e. The van der Waals surface area contributed by atoms with Crippen LogP contribution in [0.4, 0.5) is 0 Å². The summed E-state index contributed by atoms with van der Waals surface area (Å²) in [6, 6.07) is 19.7. The van der Waals surface area contributed by atoms with E-state index in [1.54, 1.807) is 0 Å². The molecule has 0 aliphatic carbocycles. The number of thiophene rings is 1. The Labute approximate surface area is 131 Å². The van der Waals surface area contributed by atoms with Crippen LogP contribution in [0.1, 0.15) is 16.5 Å². The number of nitrogens with one attached hydrogen (secondary N) is 1. The van der Waals surface area contributed by atoms with Crippen molar-refractivity contribution in [1.29, 1.82) is 0 Å². The van der Waals surface area contributed by atoms with Crippen LogP contribution in [0.3, 0.4) is 0 Å². The smallest absolute Gasteiger partial charge is 0.0454 e. The van der Waals surface area contributed by atoms with Gasteiger partial charge in [-0.25, -0.2) is 0 Å². The predicted molar refractivity (Wildman–Crippen MR) is 91.5 cm³/mol. The molecule has 0 spiro atoms. The van der Waals surface area contributed by atoms with Gasteiger partial charge in [-0.3, -0.25) is 0 Å². The summed E-state index contributed by atoms with van der Waals surface area (Å²) >= 11 is 5.51. The Morgan fingerprint density at radius 1 is 1.10 bits per heavy atom. The van der Waals surface area contributed by atoms with Gasteiger partial charge in [0.25, 0.3) is 0 Å². The lowest BCUT2D eigenvalue weighted by atomic mass is 10.0. The topological polar surface area (TPSA) is 12.0 Å². The first-order valence-corrected chi connectivity index (χ1v) is 8.28. The van der Waals surface area contributed by atoms with Gasteiger partial charge in [-0.1, -0.05) is 52.3 Å². The van der Waals surface area contributed by atoms with Gasteiger partial charge in [0.15, 0.2) is 0 Å². The number of hydrogen-bond acceptors (Lipinski definition) is 2. The number of fused-ring (bicyclic) bond motifs is 1. The minimum atomic E-state index is 0.353. The number of rotatable bonds is 4. The van der Waals surface area contributed by atoms with Gasteiger partial charge in [0.1, 0.15) is 0 Å². The Kier molecular flexibility index (Phi) is 4.20. The first-order valence-electron chi connectivity index (χ1n) is 6.67. The third-order valence-corrected chi connectivity index (χ3v) is 5.52. The second kappa shape index (κ2) is 6.08. The van der Waals surface area contributed by atoms with Crippen molar-refractivity contribution in [2.75, 3.05) is 7.05 Å². The normalized spacial score (nSPS) is 12.7. The van der Waals surface area contributed by atoms with Crippen LogP contribution in [0.2, 0.25) is 0 Å². The highest BCUT2D eigenvalue weighted by Crippen LogP contribution is 2.32. The van der Waals surface area contributed by atoms with E-state index < -0.39 is 0 Å². The van der Waals surface area contributed by atoms with Crippen molar-refractivity contribution in [2.24, 2.45) is 0 Å². The van der Waals surface area contributed by atoms with Crippen molar-refractivity contribution < 1.29 is 0 Å². The number of benzene rings is 2. The number of hydrogen-bond donors (Lipinski definition) is 1. The van der Waals surface area contributed by atoms with E-state index in [0.717, 1.165) is 6.42 Å². The first-order chi connectivity index (χ1) is 9.78. The lowest BCUT2D eigenvalue weighted by Gasteiger charge is -2.15. The molecule has 0 aliphatic heterocycles. The van der Waals surface area contributed by atoms with Crippen LogP contribution in [0.25, 0.3) is 10.1 Å². The van der Waals surface area contributed by atoms with Gasteiger partial charge in [-0.05, 0) is 42.6 Å². The maximum absolute atomic E-state index is 3.64. The largest absolute Gasteiger partial charge is 0.312 e. The third kappa shape index (κ3) is 2.80. The van der Waals surface area contributed by atoms with Crippen LogP contribution in [-0.4, -0.2) is 7.05 Å². The van der Waals surface area contributed by atoms with Gasteiger partial charge in [-0.2, -0.15) is 0 Å². The van der Waals surface area contributed by atoms with Crippen molar-refractivity contribution in [2.45, 2.75) is 12.5 Å². The molecule has 0 bridgehead atoms. The van der Waals surface area contributed by atoms with Crippen molar-refractivity contribution in [3.63, 3.8) is 0 Å². The van der Waals surface area contributed by atoms with Crippen LogP contribution in [0.5, 0.6) is 0 Å². The summed E-state index contributed by atoms with van der Waals surface area (Å²) in [6.45, 7) is 0. The van der Waals surface area contributed by atoms with E-state index in [1.807, 2.05) is 18.4 Å². The van der Waals surface area contributed by atoms with E-state index in [9.17, 15) is 0 Å². The van der Waals surface area contributed by atoms with Crippen LogP contribution in [-0.2, 0) is 6.42 Å².